The summed E-state index contributed by atoms with van der Waals surface area (Å²) in [6.07, 6.45) is 0. The summed E-state index contributed by atoms with van der Waals surface area (Å²) in [6, 6.07) is 5.57. The number of ether oxygens (including phenoxy) is 1. The Labute approximate surface area is 83.1 Å². The second-order valence-electron chi connectivity index (χ2n) is 4.02. The topological polar surface area (TPSA) is 38.3 Å². The standard InChI is InChI=1S/C11H13NO2/c1-7-5-4-6-8-9(7)14-11(2,3)12-10(8)13/h4-6H,1-3H3,(H,12,13). The maximum atomic E-state index is 11.7. The first-order valence-electron chi connectivity index (χ1n) is 4.61. The van der Waals surface area contributed by atoms with E-state index in [2.05, 4.69) is 5.32 Å². The minimum atomic E-state index is -0.615. The van der Waals surface area contributed by atoms with Gasteiger partial charge in [-0.15, -0.1) is 0 Å². The Bertz CT molecular complexity index is 396. The normalized spacial score (nSPS) is 18.1. The van der Waals surface area contributed by atoms with E-state index in [-0.39, 0.29) is 5.91 Å². The molecule has 1 aromatic rings. The average Bonchev–Trinajstić information content (AvgIpc) is 2.05. The Morgan fingerprint density at radius 2 is 2.07 bits per heavy atom. The van der Waals surface area contributed by atoms with Crippen LogP contribution in [0.4, 0.5) is 0 Å². The monoisotopic (exact) mass is 191 g/mol. The zero-order chi connectivity index (χ0) is 10.3. The summed E-state index contributed by atoms with van der Waals surface area (Å²) < 4.78 is 5.69. The number of hydrogen-bond donors (Lipinski definition) is 1. The van der Waals surface area contributed by atoms with Gasteiger partial charge < -0.3 is 10.1 Å². The first-order valence-corrected chi connectivity index (χ1v) is 4.61. The summed E-state index contributed by atoms with van der Waals surface area (Å²) in [4.78, 5) is 11.7. The number of aryl methyl sites for hydroxylation is 1. The second kappa shape index (κ2) is 2.74. The number of carbonyl (C=O) groups excluding carboxylic acids is 1. The zero-order valence-corrected chi connectivity index (χ0v) is 8.55. The van der Waals surface area contributed by atoms with Gasteiger partial charge >= 0.3 is 0 Å². The molecule has 0 radical (unpaired) electrons. The smallest absolute Gasteiger partial charge is 0.258 e. The number of hydrogen-bond acceptors (Lipinski definition) is 2. The lowest BCUT2D eigenvalue weighted by Gasteiger charge is -2.33. The van der Waals surface area contributed by atoms with E-state index in [1.807, 2.05) is 32.9 Å². The Morgan fingerprint density at radius 1 is 1.36 bits per heavy atom. The van der Waals surface area contributed by atoms with Gasteiger partial charge in [0.2, 0.25) is 0 Å². The van der Waals surface area contributed by atoms with Crippen LogP contribution in [0.2, 0.25) is 0 Å². The fraction of sp³-hybridized carbons (Fsp3) is 0.364. The van der Waals surface area contributed by atoms with Crippen LogP contribution in [0.3, 0.4) is 0 Å². The molecular formula is C11H13NO2. The van der Waals surface area contributed by atoms with Crippen LogP contribution in [0.1, 0.15) is 29.8 Å². The predicted molar refractivity (Wildman–Crippen MR) is 53.4 cm³/mol. The number of benzene rings is 1. The highest BCUT2D eigenvalue weighted by Crippen LogP contribution is 2.30. The molecule has 1 aromatic carbocycles. The molecule has 14 heavy (non-hydrogen) atoms. The molecule has 0 atom stereocenters. The molecule has 0 bridgehead atoms. The average molecular weight is 191 g/mol. The Kier molecular flexibility index (Phi) is 1.77. The number of para-hydroxylation sites is 1. The van der Waals surface area contributed by atoms with E-state index in [0.717, 1.165) is 5.56 Å². The van der Waals surface area contributed by atoms with Gasteiger partial charge in [0.05, 0.1) is 5.56 Å². The van der Waals surface area contributed by atoms with Gasteiger partial charge in [0, 0.05) is 0 Å². The highest BCUT2D eigenvalue weighted by atomic mass is 16.5. The van der Waals surface area contributed by atoms with Crippen molar-refractivity contribution in [2.24, 2.45) is 0 Å². The van der Waals surface area contributed by atoms with E-state index in [1.165, 1.54) is 0 Å². The maximum Gasteiger partial charge on any atom is 0.258 e. The molecule has 0 aliphatic carbocycles. The lowest BCUT2D eigenvalue weighted by molar-refractivity contribution is 0.0428. The number of nitrogens with one attached hydrogen (secondary N) is 1. The molecule has 1 amide bonds. The highest BCUT2D eigenvalue weighted by molar-refractivity contribution is 5.98. The van der Waals surface area contributed by atoms with Crippen molar-refractivity contribution in [1.29, 1.82) is 0 Å². The molecule has 0 aromatic heterocycles. The zero-order valence-electron chi connectivity index (χ0n) is 8.55. The first-order chi connectivity index (χ1) is 6.49. The largest absolute Gasteiger partial charge is 0.468 e. The van der Waals surface area contributed by atoms with Gasteiger partial charge in [-0.1, -0.05) is 12.1 Å². The molecule has 3 heteroatoms. The number of amides is 1. The third kappa shape index (κ3) is 1.35. The molecule has 0 spiro atoms. The van der Waals surface area contributed by atoms with Crippen molar-refractivity contribution in [1.82, 2.24) is 5.32 Å². The molecule has 1 aliphatic heterocycles. The number of carbonyl (C=O) groups is 1. The van der Waals surface area contributed by atoms with Crippen LogP contribution in [0, 0.1) is 6.92 Å². The van der Waals surface area contributed by atoms with E-state index in [4.69, 9.17) is 4.74 Å². The molecular weight excluding hydrogens is 178 g/mol. The molecule has 0 saturated heterocycles. The Morgan fingerprint density at radius 3 is 2.79 bits per heavy atom. The van der Waals surface area contributed by atoms with E-state index < -0.39 is 5.72 Å². The minimum absolute atomic E-state index is 0.0695. The Balaban J connectivity index is 2.56. The van der Waals surface area contributed by atoms with Gasteiger partial charge in [-0.2, -0.15) is 0 Å². The molecule has 1 N–H and O–H groups in total. The van der Waals surface area contributed by atoms with Gasteiger partial charge in [-0.3, -0.25) is 4.79 Å². The van der Waals surface area contributed by atoms with Crippen LogP contribution in [-0.2, 0) is 0 Å². The molecule has 2 rings (SSSR count). The molecule has 0 saturated carbocycles. The van der Waals surface area contributed by atoms with E-state index >= 15 is 0 Å². The summed E-state index contributed by atoms with van der Waals surface area (Å²) in [5.74, 6) is 0.626. The van der Waals surface area contributed by atoms with Gasteiger partial charge in [-0.05, 0) is 32.4 Å². The first kappa shape index (κ1) is 9.06. The fourth-order valence-electron chi connectivity index (χ4n) is 1.59. The molecule has 0 unspecified atom stereocenters. The molecule has 3 nitrogen and oxygen atoms in total. The van der Waals surface area contributed by atoms with Gasteiger partial charge in [0.1, 0.15) is 5.75 Å². The quantitative estimate of drug-likeness (QED) is 0.679. The van der Waals surface area contributed by atoms with Crippen LogP contribution in [-0.4, -0.2) is 11.6 Å². The fourth-order valence-corrected chi connectivity index (χ4v) is 1.59. The minimum Gasteiger partial charge on any atom is -0.468 e. The van der Waals surface area contributed by atoms with Crippen molar-refractivity contribution < 1.29 is 9.53 Å². The van der Waals surface area contributed by atoms with Crippen molar-refractivity contribution in [3.8, 4) is 5.75 Å². The van der Waals surface area contributed by atoms with Crippen molar-refractivity contribution >= 4 is 5.91 Å². The second-order valence-corrected chi connectivity index (χ2v) is 4.02. The van der Waals surface area contributed by atoms with E-state index in [0.29, 0.717) is 11.3 Å². The SMILES string of the molecule is Cc1cccc2c1OC(C)(C)NC2=O. The van der Waals surface area contributed by atoms with Gasteiger partial charge in [0.15, 0.2) is 5.72 Å². The summed E-state index contributed by atoms with van der Waals surface area (Å²) >= 11 is 0. The van der Waals surface area contributed by atoms with Crippen LogP contribution < -0.4 is 10.1 Å². The van der Waals surface area contributed by atoms with E-state index in [9.17, 15) is 4.79 Å². The molecule has 0 fully saturated rings. The van der Waals surface area contributed by atoms with E-state index in [1.54, 1.807) is 6.07 Å². The predicted octanol–water partition coefficient (Wildman–Crippen LogP) is 1.85. The summed E-state index contributed by atoms with van der Waals surface area (Å²) in [5, 5.41) is 2.78. The van der Waals surface area contributed by atoms with Crippen molar-refractivity contribution in [2.75, 3.05) is 0 Å². The van der Waals surface area contributed by atoms with Crippen LogP contribution in [0.5, 0.6) is 5.75 Å². The lowest BCUT2D eigenvalue weighted by Crippen LogP contribution is -2.51. The summed E-state index contributed by atoms with van der Waals surface area (Å²) in [6.45, 7) is 5.61. The maximum absolute atomic E-state index is 11.7. The van der Waals surface area contributed by atoms with Crippen molar-refractivity contribution in [3.05, 3.63) is 29.3 Å². The summed E-state index contributed by atoms with van der Waals surface area (Å²) in [5.41, 5.74) is 0.991. The third-order valence-electron chi connectivity index (χ3n) is 2.23. The van der Waals surface area contributed by atoms with Crippen molar-refractivity contribution in [3.63, 3.8) is 0 Å². The lowest BCUT2D eigenvalue weighted by atomic mass is 10.1. The number of fused-ring (bicyclic) bond motifs is 1. The third-order valence-corrected chi connectivity index (χ3v) is 2.23. The molecule has 1 aliphatic rings. The van der Waals surface area contributed by atoms with Gasteiger partial charge in [-0.25, -0.2) is 0 Å². The molecule has 1 heterocycles. The van der Waals surface area contributed by atoms with Crippen LogP contribution >= 0.6 is 0 Å². The van der Waals surface area contributed by atoms with Crippen molar-refractivity contribution in [2.45, 2.75) is 26.5 Å². The number of rotatable bonds is 0. The highest BCUT2D eigenvalue weighted by Gasteiger charge is 2.31. The van der Waals surface area contributed by atoms with Crippen LogP contribution in [0.25, 0.3) is 0 Å². The summed E-state index contributed by atoms with van der Waals surface area (Å²) in [7, 11) is 0. The van der Waals surface area contributed by atoms with Gasteiger partial charge in [0.25, 0.3) is 5.91 Å². The van der Waals surface area contributed by atoms with Crippen LogP contribution in [0.15, 0.2) is 18.2 Å². The molecule has 74 valence electrons. The Hall–Kier alpha value is -1.51.